The van der Waals surface area contributed by atoms with Crippen molar-refractivity contribution in [3.63, 3.8) is 0 Å². The summed E-state index contributed by atoms with van der Waals surface area (Å²) in [5, 5.41) is 4.70. The summed E-state index contributed by atoms with van der Waals surface area (Å²) in [4.78, 5) is 20.4. The Morgan fingerprint density at radius 2 is 1.83 bits per heavy atom. The van der Waals surface area contributed by atoms with Crippen LogP contribution in [0, 0.1) is 13.8 Å². The molecule has 0 spiro atoms. The van der Waals surface area contributed by atoms with Crippen LogP contribution in [0.1, 0.15) is 35.8 Å². The molecule has 3 aromatic heterocycles. The van der Waals surface area contributed by atoms with Crippen LogP contribution in [0.3, 0.4) is 0 Å². The molecule has 1 aliphatic rings. The van der Waals surface area contributed by atoms with Crippen LogP contribution in [-0.2, 0) is 7.05 Å². The van der Waals surface area contributed by atoms with E-state index in [-0.39, 0.29) is 0 Å². The van der Waals surface area contributed by atoms with E-state index >= 15 is 0 Å². The summed E-state index contributed by atoms with van der Waals surface area (Å²) in [7, 11) is 1.92. The fraction of sp³-hybridized carbons (Fsp3) is 0.471. The fourth-order valence-electron chi connectivity index (χ4n) is 3.51. The molecule has 124 valence electrons. The zero-order valence-corrected chi connectivity index (χ0v) is 14.3. The Kier molecular flexibility index (Phi) is 3.63. The van der Waals surface area contributed by atoms with Gasteiger partial charge in [0, 0.05) is 49.8 Å². The van der Waals surface area contributed by atoms with E-state index in [0.29, 0.717) is 5.92 Å². The van der Waals surface area contributed by atoms with Crippen LogP contribution in [0.4, 0.5) is 5.95 Å². The van der Waals surface area contributed by atoms with E-state index in [4.69, 9.17) is 5.10 Å². The second kappa shape index (κ2) is 5.81. The molecule has 0 aromatic carbocycles. The quantitative estimate of drug-likeness (QED) is 0.719. The molecule has 7 nitrogen and oxygen atoms in total. The number of hydrogen-bond donors (Lipinski definition) is 0. The van der Waals surface area contributed by atoms with Crippen LogP contribution in [0.5, 0.6) is 0 Å². The van der Waals surface area contributed by atoms with Crippen LogP contribution in [0.15, 0.2) is 18.5 Å². The molecule has 1 aliphatic heterocycles. The molecule has 0 radical (unpaired) electrons. The summed E-state index contributed by atoms with van der Waals surface area (Å²) >= 11 is 0. The maximum absolute atomic E-state index is 4.70. The molecule has 0 N–H and O–H groups in total. The van der Waals surface area contributed by atoms with Gasteiger partial charge in [-0.3, -0.25) is 0 Å². The third-order valence-corrected chi connectivity index (χ3v) is 4.55. The lowest BCUT2D eigenvalue weighted by molar-refractivity contribution is 0.491. The first-order valence-electron chi connectivity index (χ1n) is 8.32. The zero-order chi connectivity index (χ0) is 16.7. The third kappa shape index (κ3) is 2.60. The highest BCUT2D eigenvalue weighted by atomic mass is 15.3. The van der Waals surface area contributed by atoms with E-state index in [9.17, 15) is 0 Å². The molecule has 1 saturated heterocycles. The summed E-state index contributed by atoms with van der Waals surface area (Å²) in [5.41, 5.74) is 4.80. The molecule has 7 heteroatoms. The first kappa shape index (κ1) is 15.0. The summed E-state index contributed by atoms with van der Waals surface area (Å²) in [6.07, 6.45) is 5.65. The number of rotatable bonds is 2. The Morgan fingerprint density at radius 3 is 2.62 bits per heavy atom. The Hall–Kier alpha value is -2.57. The molecular weight excluding hydrogens is 302 g/mol. The molecule has 0 amide bonds. The molecule has 1 fully saturated rings. The number of aromatic nitrogens is 6. The second-order valence-corrected chi connectivity index (χ2v) is 6.47. The van der Waals surface area contributed by atoms with Gasteiger partial charge < -0.3 is 4.90 Å². The molecule has 0 unspecified atom stereocenters. The van der Waals surface area contributed by atoms with Crippen LogP contribution in [0.25, 0.3) is 11.2 Å². The molecule has 0 saturated carbocycles. The largest absolute Gasteiger partial charge is 0.340 e. The van der Waals surface area contributed by atoms with Crippen molar-refractivity contribution in [3.05, 3.63) is 35.5 Å². The highest BCUT2D eigenvalue weighted by Crippen LogP contribution is 2.31. The first-order chi connectivity index (χ1) is 11.6. The minimum atomic E-state index is 0.323. The summed E-state index contributed by atoms with van der Waals surface area (Å²) in [6.45, 7) is 5.88. The van der Waals surface area contributed by atoms with Crippen molar-refractivity contribution >= 4 is 17.1 Å². The molecule has 0 bridgehead atoms. The molecule has 0 aliphatic carbocycles. The number of aryl methyl sites for hydroxylation is 3. The standard InChI is InChI=1S/C17H21N7/c1-11-9-12(2)21-17(20-11)24-8-4-5-13(10-24)14-15-16(23(3)22-14)19-7-6-18-15/h6-7,9,13H,4-5,8,10H2,1-3H3/t13-/m1/s1. The van der Waals surface area contributed by atoms with Gasteiger partial charge >= 0.3 is 0 Å². The molecule has 4 heterocycles. The average Bonchev–Trinajstić information content (AvgIpc) is 2.92. The van der Waals surface area contributed by atoms with Crippen molar-refractivity contribution in [2.24, 2.45) is 7.05 Å². The molecule has 24 heavy (non-hydrogen) atoms. The summed E-state index contributed by atoms with van der Waals surface area (Å²) in [5.74, 6) is 1.15. The SMILES string of the molecule is Cc1cc(C)nc(N2CCC[C@@H](c3nn(C)c4nccnc34)C2)n1. The predicted octanol–water partition coefficient (Wildman–Crippen LogP) is 2.15. The van der Waals surface area contributed by atoms with E-state index < -0.39 is 0 Å². The van der Waals surface area contributed by atoms with Gasteiger partial charge in [-0.2, -0.15) is 5.10 Å². The van der Waals surface area contributed by atoms with E-state index in [1.165, 1.54) is 0 Å². The van der Waals surface area contributed by atoms with Gasteiger partial charge in [0.25, 0.3) is 0 Å². The second-order valence-electron chi connectivity index (χ2n) is 6.47. The Morgan fingerprint density at radius 1 is 1.08 bits per heavy atom. The zero-order valence-electron chi connectivity index (χ0n) is 14.3. The van der Waals surface area contributed by atoms with Crippen LogP contribution in [-0.4, -0.2) is 42.8 Å². The number of piperidine rings is 1. The van der Waals surface area contributed by atoms with Crippen molar-refractivity contribution in [3.8, 4) is 0 Å². The normalized spacial score (nSPS) is 18.3. The topological polar surface area (TPSA) is 72.6 Å². The van der Waals surface area contributed by atoms with Crippen LogP contribution < -0.4 is 4.90 Å². The van der Waals surface area contributed by atoms with Crippen molar-refractivity contribution in [2.75, 3.05) is 18.0 Å². The minimum absolute atomic E-state index is 0.323. The van der Waals surface area contributed by atoms with Gasteiger partial charge in [0.15, 0.2) is 5.65 Å². The Balaban J connectivity index is 1.67. The van der Waals surface area contributed by atoms with Crippen molar-refractivity contribution in [1.29, 1.82) is 0 Å². The Labute approximate surface area is 140 Å². The monoisotopic (exact) mass is 323 g/mol. The van der Waals surface area contributed by atoms with E-state index in [2.05, 4.69) is 24.8 Å². The van der Waals surface area contributed by atoms with Gasteiger partial charge in [-0.25, -0.2) is 24.6 Å². The smallest absolute Gasteiger partial charge is 0.225 e. The molecule has 1 atom stereocenters. The third-order valence-electron chi connectivity index (χ3n) is 4.55. The number of anilines is 1. The number of nitrogens with zero attached hydrogens (tertiary/aromatic N) is 7. The number of hydrogen-bond acceptors (Lipinski definition) is 6. The maximum atomic E-state index is 4.70. The highest BCUT2D eigenvalue weighted by molar-refractivity contribution is 5.73. The van der Waals surface area contributed by atoms with E-state index in [0.717, 1.165) is 60.1 Å². The number of fused-ring (bicyclic) bond motifs is 1. The lowest BCUT2D eigenvalue weighted by Crippen LogP contribution is -2.36. The first-order valence-corrected chi connectivity index (χ1v) is 8.32. The summed E-state index contributed by atoms with van der Waals surface area (Å²) in [6, 6.07) is 2.01. The van der Waals surface area contributed by atoms with Gasteiger partial charge in [-0.1, -0.05) is 0 Å². The van der Waals surface area contributed by atoms with E-state index in [1.807, 2.05) is 31.6 Å². The fourth-order valence-corrected chi connectivity index (χ4v) is 3.51. The molecule has 4 rings (SSSR count). The lowest BCUT2D eigenvalue weighted by atomic mass is 9.94. The highest BCUT2D eigenvalue weighted by Gasteiger charge is 2.27. The minimum Gasteiger partial charge on any atom is -0.340 e. The predicted molar refractivity (Wildman–Crippen MR) is 92.0 cm³/mol. The lowest BCUT2D eigenvalue weighted by Gasteiger charge is -2.32. The van der Waals surface area contributed by atoms with Gasteiger partial charge in [0.05, 0.1) is 5.69 Å². The average molecular weight is 323 g/mol. The van der Waals surface area contributed by atoms with Crippen molar-refractivity contribution in [1.82, 2.24) is 29.7 Å². The van der Waals surface area contributed by atoms with Crippen molar-refractivity contribution in [2.45, 2.75) is 32.6 Å². The molecular formula is C17H21N7. The van der Waals surface area contributed by atoms with Crippen LogP contribution >= 0.6 is 0 Å². The molecule has 3 aromatic rings. The van der Waals surface area contributed by atoms with E-state index in [1.54, 1.807) is 12.4 Å². The Bertz CT molecular complexity index is 866. The van der Waals surface area contributed by atoms with Crippen molar-refractivity contribution < 1.29 is 0 Å². The van der Waals surface area contributed by atoms with Gasteiger partial charge in [-0.15, -0.1) is 0 Å². The summed E-state index contributed by atoms with van der Waals surface area (Å²) < 4.78 is 1.82. The van der Waals surface area contributed by atoms with Gasteiger partial charge in [0.2, 0.25) is 5.95 Å². The van der Waals surface area contributed by atoms with Gasteiger partial charge in [0.1, 0.15) is 5.52 Å². The maximum Gasteiger partial charge on any atom is 0.225 e. The van der Waals surface area contributed by atoms with Gasteiger partial charge in [-0.05, 0) is 32.8 Å². The van der Waals surface area contributed by atoms with Crippen LogP contribution in [0.2, 0.25) is 0 Å².